The molecule has 18 heavy (non-hydrogen) atoms. The van der Waals surface area contributed by atoms with Crippen molar-refractivity contribution in [2.75, 3.05) is 13.1 Å². The summed E-state index contributed by atoms with van der Waals surface area (Å²) in [7, 11) is 0. The van der Waals surface area contributed by atoms with E-state index in [1.165, 1.54) is 4.57 Å². The molecule has 2 heterocycles. The molecule has 1 fully saturated rings. The Bertz CT molecular complexity index is 713. The lowest BCUT2D eigenvalue weighted by molar-refractivity contribution is 0.508. The topological polar surface area (TPSA) is 66.9 Å². The maximum absolute atomic E-state index is 12.3. The first kappa shape index (κ1) is 11.5. The van der Waals surface area contributed by atoms with E-state index in [0.29, 0.717) is 22.5 Å². The lowest BCUT2D eigenvalue weighted by atomic mass is 10.2. The molecule has 0 bridgehead atoms. The monoisotopic (exact) mass is 265 g/mol. The first-order valence-electron chi connectivity index (χ1n) is 5.82. The van der Waals surface area contributed by atoms with Gasteiger partial charge in [0.05, 0.1) is 22.0 Å². The molecule has 0 amide bonds. The van der Waals surface area contributed by atoms with E-state index in [1.807, 2.05) is 0 Å². The third kappa shape index (κ3) is 1.67. The van der Waals surface area contributed by atoms with Crippen LogP contribution in [0.15, 0.2) is 27.8 Å². The second-order valence-corrected chi connectivity index (χ2v) is 4.82. The number of aromatic amines is 1. The Morgan fingerprint density at radius 3 is 2.89 bits per heavy atom. The Labute approximate surface area is 107 Å². The van der Waals surface area contributed by atoms with Crippen molar-refractivity contribution in [3.05, 3.63) is 44.1 Å². The molecule has 1 unspecified atom stereocenters. The molecule has 1 aromatic heterocycles. The summed E-state index contributed by atoms with van der Waals surface area (Å²) in [4.78, 5) is 27.1. The third-order valence-electron chi connectivity index (χ3n) is 3.31. The molecule has 1 saturated heterocycles. The van der Waals surface area contributed by atoms with E-state index in [4.69, 9.17) is 11.6 Å². The molecule has 0 saturated carbocycles. The van der Waals surface area contributed by atoms with Crippen molar-refractivity contribution in [3.8, 4) is 0 Å². The minimum atomic E-state index is -0.394. The van der Waals surface area contributed by atoms with Crippen molar-refractivity contribution < 1.29 is 0 Å². The second kappa shape index (κ2) is 4.26. The quantitative estimate of drug-likeness (QED) is 0.804. The summed E-state index contributed by atoms with van der Waals surface area (Å²) in [6.07, 6.45) is 0.787. The van der Waals surface area contributed by atoms with Crippen LogP contribution >= 0.6 is 11.6 Å². The summed E-state index contributed by atoms with van der Waals surface area (Å²) in [5, 5.41) is 3.99. The average molecular weight is 266 g/mol. The van der Waals surface area contributed by atoms with Crippen molar-refractivity contribution >= 4 is 22.5 Å². The van der Waals surface area contributed by atoms with Gasteiger partial charge >= 0.3 is 5.69 Å². The van der Waals surface area contributed by atoms with Crippen LogP contribution < -0.4 is 16.6 Å². The van der Waals surface area contributed by atoms with E-state index in [-0.39, 0.29) is 11.6 Å². The summed E-state index contributed by atoms with van der Waals surface area (Å²) < 4.78 is 1.29. The lowest BCUT2D eigenvalue weighted by Crippen LogP contribution is -2.38. The van der Waals surface area contributed by atoms with Crippen molar-refractivity contribution in [2.45, 2.75) is 12.5 Å². The molecule has 6 heteroatoms. The Kier molecular flexibility index (Phi) is 2.72. The van der Waals surface area contributed by atoms with Gasteiger partial charge in [0.2, 0.25) is 0 Å². The zero-order valence-electron chi connectivity index (χ0n) is 9.57. The molecule has 2 aromatic rings. The molecule has 1 aliphatic heterocycles. The fourth-order valence-electron chi connectivity index (χ4n) is 2.41. The van der Waals surface area contributed by atoms with Crippen molar-refractivity contribution in [1.82, 2.24) is 14.9 Å². The number of hydrogen-bond acceptors (Lipinski definition) is 3. The highest BCUT2D eigenvalue weighted by Crippen LogP contribution is 2.18. The average Bonchev–Trinajstić information content (AvgIpc) is 2.84. The van der Waals surface area contributed by atoms with Crippen LogP contribution in [0, 0.1) is 0 Å². The number of benzene rings is 1. The number of para-hydroxylation sites is 1. The van der Waals surface area contributed by atoms with Gasteiger partial charge in [-0.05, 0) is 25.1 Å². The van der Waals surface area contributed by atoms with Gasteiger partial charge in [-0.1, -0.05) is 17.7 Å². The maximum Gasteiger partial charge on any atom is 0.329 e. The normalized spacial score (nSPS) is 19.5. The standard InChI is InChI=1S/C12H12ClN3O2/c13-9-3-1-2-8-10(9)15-12(18)16(11(8)17)7-4-5-14-6-7/h1-3,7,14H,4-6H2,(H,15,18). The van der Waals surface area contributed by atoms with Crippen LogP contribution in [0.25, 0.3) is 10.9 Å². The third-order valence-corrected chi connectivity index (χ3v) is 3.63. The molecule has 1 aliphatic rings. The van der Waals surface area contributed by atoms with Crippen LogP contribution in [-0.2, 0) is 0 Å². The molecule has 5 nitrogen and oxygen atoms in total. The predicted octanol–water partition coefficient (Wildman–Crippen LogP) is 0.878. The molecular formula is C12H12ClN3O2. The fraction of sp³-hybridized carbons (Fsp3) is 0.333. The number of H-pyrrole nitrogens is 1. The van der Waals surface area contributed by atoms with Gasteiger partial charge in [-0.2, -0.15) is 0 Å². The molecule has 0 spiro atoms. The van der Waals surface area contributed by atoms with E-state index < -0.39 is 5.69 Å². The highest BCUT2D eigenvalue weighted by Gasteiger charge is 2.21. The molecule has 1 aromatic carbocycles. The predicted molar refractivity (Wildman–Crippen MR) is 70.4 cm³/mol. The summed E-state index contributed by atoms with van der Waals surface area (Å²) in [5.41, 5.74) is -0.254. The van der Waals surface area contributed by atoms with Gasteiger partial charge in [0.15, 0.2) is 0 Å². The fourth-order valence-corrected chi connectivity index (χ4v) is 2.63. The molecule has 0 radical (unpaired) electrons. The van der Waals surface area contributed by atoms with Crippen LogP contribution in [-0.4, -0.2) is 22.6 Å². The zero-order chi connectivity index (χ0) is 12.7. The molecular weight excluding hydrogens is 254 g/mol. The number of rotatable bonds is 1. The number of halogens is 1. The van der Waals surface area contributed by atoms with E-state index in [2.05, 4.69) is 10.3 Å². The van der Waals surface area contributed by atoms with E-state index >= 15 is 0 Å². The van der Waals surface area contributed by atoms with E-state index in [1.54, 1.807) is 18.2 Å². The van der Waals surface area contributed by atoms with Crippen LogP contribution in [0.1, 0.15) is 12.5 Å². The number of nitrogens with one attached hydrogen (secondary N) is 2. The van der Waals surface area contributed by atoms with Crippen molar-refractivity contribution in [3.63, 3.8) is 0 Å². The molecule has 3 rings (SSSR count). The Morgan fingerprint density at radius 2 is 2.17 bits per heavy atom. The van der Waals surface area contributed by atoms with E-state index in [0.717, 1.165) is 13.0 Å². The Balaban J connectivity index is 2.34. The molecule has 2 N–H and O–H groups in total. The van der Waals surface area contributed by atoms with Gasteiger partial charge in [0.25, 0.3) is 5.56 Å². The number of nitrogens with zero attached hydrogens (tertiary/aromatic N) is 1. The van der Waals surface area contributed by atoms with E-state index in [9.17, 15) is 9.59 Å². The summed E-state index contributed by atoms with van der Waals surface area (Å²) in [6, 6.07) is 4.96. The van der Waals surface area contributed by atoms with Crippen molar-refractivity contribution in [1.29, 1.82) is 0 Å². The van der Waals surface area contributed by atoms with Gasteiger partial charge in [0.1, 0.15) is 0 Å². The molecule has 1 atom stereocenters. The van der Waals surface area contributed by atoms with Crippen LogP contribution in [0.5, 0.6) is 0 Å². The molecule has 0 aliphatic carbocycles. The summed E-state index contributed by atoms with van der Waals surface area (Å²) in [5.74, 6) is 0. The SMILES string of the molecule is O=c1[nH]c2c(Cl)cccc2c(=O)n1C1CCNC1. The van der Waals surface area contributed by atoms with Crippen LogP contribution in [0.3, 0.4) is 0 Å². The number of aromatic nitrogens is 2. The van der Waals surface area contributed by atoms with Crippen LogP contribution in [0.4, 0.5) is 0 Å². The van der Waals surface area contributed by atoms with Gasteiger partial charge in [-0.15, -0.1) is 0 Å². The summed E-state index contributed by atoms with van der Waals surface area (Å²) >= 11 is 5.98. The minimum Gasteiger partial charge on any atom is -0.315 e. The van der Waals surface area contributed by atoms with Gasteiger partial charge in [0, 0.05) is 6.54 Å². The van der Waals surface area contributed by atoms with Crippen molar-refractivity contribution in [2.24, 2.45) is 0 Å². The zero-order valence-corrected chi connectivity index (χ0v) is 10.3. The van der Waals surface area contributed by atoms with Gasteiger partial charge in [-0.25, -0.2) is 4.79 Å². The van der Waals surface area contributed by atoms with Gasteiger partial charge < -0.3 is 10.3 Å². The number of hydrogen-bond donors (Lipinski definition) is 2. The smallest absolute Gasteiger partial charge is 0.315 e. The minimum absolute atomic E-state index is 0.0790. The highest BCUT2D eigenvalue weighted by atomic mass is 35.5. The second-order valence-electron chi connectivity index (χ2n) is 4.41. The highest BCUT2D eigenvalue weighted by molar-refractivity contribution is 6.34. The van der Waals surface area contributed by atoms with Crippen LogP contribution in [0.2, 0.25) is 5.02 Å². The summed E-state index contributed by atoms with van der Waals surface area (Å²) in [6.45, 7) is 1.47. The van der Waals surface area contributed by atoms with Gasteiger partial charge in [-0.3, -0.25) is 9.36 Å². The lowest BCUT2D eigenvalue weighted by Gasteiger charge is -2.12. The first-order chi connectivity index (χ1) is 8.68. The number of fused-ring (bicyclic) bond motifs is 1. The maximum atomic E-state index is 12.3. The largest absolute Gasteiger partial charge is 0.329 e. The Hall–Kier alpha value is -1.59. The Morgan fingerprint density at radius 1 is 1.33 bits per heavy atom. The first-order valence-corrected chi connectivity index (χ1v) is 6.20. The molecule has 94 valence electrons.